The van der Waals surface area contributed by atoms with Gasteiger partial charge in [0.05, 0.1) is 0 Å². The molecule has 1 aromatic heterocycles. The van der Waals surface area contributed by atoms with Crippen molar-refractivity contribution < 1.29 is 31.1 Å². The Morgan fingerprint density at radius 1 is 1.06 bits per heavy atom. The predicted octanol–water partition coefficient (Wildman–Crippen LogP) is 7.75. The van der Waals surface area contributed by atoms with Crippen molar-refractivity contribution in [2.45, 2.75) is 71.1 Å². The fourth-order valence-electron chi connectivity index (χ4n) is 7.23. The monoisotopic (exact) mass is 633 g/mol. The molecule has 2 saturated carbocycles. The molecule has 158 valence electrons. The van der Waals surface area contributed by atoms with Gasteiger partial charge in [-0.3, -0.25) is 4.98 Å². The van der Waals surface area contributed by atoms with Crippen molar-refractivity contribution in [2.75, 3.05) is 0 Å². The van der Waals surface area contributed by atoms with Crippen LogP contribution in [0.2, 0.25) is 0 Å². The van der Waals surface area contributed by atoms with Crippen LogP contribution in [-0.4, -0.2) is 4.98 Å². The Bertz CT molecular complexity index is 1040. The van der Waals surface area contributed by atoms with E-state index in [0.717, 1.165) is 11.8 Å². The Balaban J connectivity index is 0.00000204. The molecule has 4 atom stereocenters. The van der Waals surface area contributed by atoms with E-state index < -0.39 is 0 Å². The number of aromatic nitrogens is 1. The number of hydrogen-bond acceptors (Lipinski definition) is 1. The minimum Gasteiger partial charge on any atom is -0.264 e. The minimum absolute atomic E-state index is 0. The molecule has 6 rings (SSSR count). The number of nitrogens with zero attached hydrogens (tertiary/aromatic N) is 1. The van der Waals surface area contributed by atoms with Crippen LogP contribution in [0, 0.1) is 60.2 Å². The SMILES string of the molecule is C[C@@H]1CCC2=CC3=CC[C@]4(C)[C@@H](c5ccc6ccncc6c5)CC[C@H]4[C-]3CC[C-]2C1.[U+2]. The molecule has 2 fully saturated rings. The molecule has 0 N–H and O–H groups in total. The summed E-state index contributed by atoms with van der Waals surface area (Å²) < 4.78 is 0. The third kappa shape index (κ3) is 3.63. The van der Waals surface area contributed by atoms with Gasteiger partial charge in [-0.2, -0.15) is 12.0 Å². The van der Waals surface area contributed by atoms with Gasteiger partial charge in [0.2, 0.25) is 0 Å². The van der Waals surface area contributed by atoms with Gasteiger partial charge in [0.15, 0.2) is 0 Å². The molecule has 4 aliphatic carbocycles. The third-order valence-corrected chi connectivity index (χ3v) is 8.94. The van der Waals surface area contributed by atoms with Crippen LogP contribution in [0.15, 0.2) is 60.0 Å². The van der Waals surface area contributed by atoms with Crippen LogP contribution in [0.25, 0.3) is 10.8 Å². The second-order valence-electron chi connectivity index (χ2n) is 10.7. The van der Waals surface area contributed by atoms with Gasteiger partial charge in [0.1, 0.15) is 0 Å². The Morgan fingerprint density at radius 2 is 1.97 bits per heavy atom. The van der Waals surface area contributed by atoms with Gasteiger partial charge in [-0.1, -0.05) is 76.3 Å². The molecule has 0 radical (unpaired) electrons. The van der Waals surface area contributed by atoms with E-state index in [9.17, 15) is 0 Å². The van der Waals surface area contributed by atoms with Gasteiger partial charge < -0.3 is 0 Å². The van der Waals surface area contributed by atoms with E-state index in [-0.39, 0.29) is 31.1 Å². The number of rotatable bonds is 1. The molecule has 1 nitrogen and oxygen atoms in total. The van der Waals surface area contributed by atoms with E-state index in [4.69, 9.17) is 0 Å². The molecule has 0 aliphatic heterocycles. The number of fused-ring (bicyclic) bond motifs is 5. The first-order valence-corrected chi connectivity index (χ1v) is 12.1. The number of benzene rings is 1. The summed E-state index contributed by atoms with van der Waals surface area (Å²) in [6, 6.07) is 9.25. The maximum Gasteiger partial charge on any atom is 2.00 e. The van der Waals surface area contributed by atoms with Crippen LogP contribution < -0.4 is 0 Å². The van der Waals surface area contributed by atoms with Crippen LogP contribution in [0.3, 0.4) is 0 Å². The smallest absolute Gasteiger partial charge is 0.264 e. The molecule has 0 bridgehead atoms. The molecule has 2 aromatic rings. The minimum atomic E-state index is 0. The first kappa shape index (κ1) is 21.7. The number of pyridine rings is 1. The zero-order chi connectivity index (χ0) is 20.3. The van der Waals surface area contributed by atoms with Crippen molar-refractivity contribution >= 4 is 10.8 Å². The zero-order valence-corrected chi connectivity index (χ0v) is 23.1. The third-order valence-electron chi connectivity index (χ3n) is 8.94. The average molecular weight is 634 g/mol. The number of allylic oxidation sites excluding steroid dienone is 4. The quantitative estimate of drug-likeness (QED) is 0.293. The average Bonchev–Trinajstić information content (AvgIpc) is 3.00. The van der Waals surface area contributed by atoms with Gasteiger partial charge in [-0.25, -0.2) is 23.1 Å². The van der Waals surface area contributed by atoms with Crippen LogP contribution in [0.5, 0.6) is 0 Å². The molecule has 31 heavy (non-hydrogen) atoms. The van der Waals surface area contributed by atoms with E-state index >= 15 is 0 Å². The summed E-state index contributed by atoms with van der Waals surface area (Å²) in [5, 5.41) is 2.59. The molecule has 0 unspecified atom stereocenters. The van der Waals surface area contributed by atoms with Crippen LogP contribution >= 0.6 is 0 Å². The van der Waals surface area contributed by atoms with Crippen molar-refractivity contribution in [3.8, 4) is 0 Å². The topological polar surface area (TPSA) is 12.9 Å². The van der Waals surface area contributed by atoms with Crippen molar-refractivity contribution in [3.63, 3.8) is 0 Å². The molecular weight excluding hydrogens is 600 g/mol. The molecule has 0 spiro atoms. The summed E-state index contributed by atoms with van der Waals surface area (Å²) in [6.07, 6.45) is 19.7. The first-order chi connectivity index (χ1) is 14.6. The van der Waals surface area contributed by atoms with Crippen LogP contribution in [0.4, 0.5) is 0 Å². The van der Waals surface area contributed by atoms with Gasteiger partial charge in [-0.05, 0) is 40.8 Å². The predicted molar refractivity (Wildman–Crippen MR) is 125 cm³/mol. The molecule has 2 heteroatoms. The second kappa shape index (κ2) is 8.35. The van der Waals surface area contributed by atoms with Gasteiger partial charge >= 0.3 is 31.1 Å². The van der Waals surface area contributed by atoms with Crippen LogP contribution in [0.1, 0.15) is 76.7 Å². The van der Waals surface area contributed by atoms with Gasteiger partial charge in [-0.15, -0.1) is 6.42 Å². The van der Waals surface area contributed by atoms with E-state index in [1.54, 1.807) is 23.0 Å². The van der Waals surface area contributed by atoms with Gasteiger partial charge in [0.25, 0.3) is 0 Å². The van der Waals surface area contributed by atoms with Crippen molar-refractivity contribution in [1.29, 1.82) is 0 Å². The van der Waals surface area contributed by atoms with Crippen LogP contribution in [-0.2, 0) is 0 Å². The zero-order valence-electron chi connectivity index (χ0n) is 19.0. The molecular formula is C29H33NU. The van der Waals surface area contributed by atoms with E-state index in [2.05, 4.69) is 55.2 Å². The summed E-state index contributed by atoms with van der Waals surface area (Å²) in [6.45, 7) is 5.02. The largest absolute Gasteiger partial charge is 2.00 e. The van der Waals surface area contributed by atoms with E-state index in [0.29, 0.717) is 11.3 Å². The van der Waals surface area contributed by atoms with Crippen molar-refractivity contribution in [1.82, 2.24) is 4.98 Å². The molecule has 1 aromatic carbocycles. The molecule has 0 saturated heterocycles. The van der Waals surface area contributed by atoms with Gasteiger partial charge in [0, 0.05) is 17.8 Å². The Kier molecular flexibility index (Phi) is 5.86. The Morgan fingerprint density at radius 3 is 2.87 bits per heavy atom. The first-order valence-electron chi connectivity index (χ1n) is 12.1. The van der Waals surface area contributed by atoms with E-state index in [1.807, 2.05) is 12.4 Å². The summed E-state index contributed by atoms with van der Waals surface area (Å²) in [4.78, 5) is 4.36. The maximum absolute atomic E-state index is 4.36. The Hall–Kier alpha value is -1.10. The fraction of sp³-hybridized carbons (Fsp3) is 0.483. The summed E-state index contributed by atoms with van der Waals surface area (Å²) in [5.74, 6) is 5.84. The van der Waals surface area contributed by atoms with Crippen molar-refractivity contribution in [2.24, 2.45) is 17.3 Å². The van der Waals surface area contributed by atoms with Crippen molar-refractivity contribution in [3.05, 3.63) is 77.4 Å². The second-order valence-corrected chi connectivity index (χ2v) is 10.7. The fourth-order valence-corrected chi connectivity index (χ4v) is 7.23. The Labute approximate surface area is 211 Å². The normalized spacial score (nSPS) is 32.3. The summed E-state index contributed by atoms with van der Waals surface area (Å²) in [7, 11) is 0. The molecule has 4 aliphatic rings. The molecule has 1 heterocycles. The molecule has 0 amide bonds. The van der Waals surface area contributed by atoms with E-state index in [1.165, 1.54) is 67.7 Å². The summed E-state index contributed by atoms with van der Waals surface area (Å²) in [5.41, 5.74) is 5.19. The number of hydrogen-bond donors (Lipinski definition) is 0. The maximum atomic E-state index is 4.36. The standard InChI is InChI=1S/C29H33N.U/c1-19-3-4-22-16-23-11-13-29(2)27(9-10-28(29)26(23)8-7-21(22)15-19)24-6-5-20-12-14-30-18-25(20)17-24;/h5-6,11-12,14,16-19,27-28H,3-4,7-10,13,15H2,1-2H3;/q-2;+2/t19-,27-,28+,29-;/m1./s1. The summed E-state index contributed by atoms with van der Waals surface area (Å²) >= 11 is 0.